The molecule has 8 nitrogen and oxygen atoms in total. The van der Waals surface area contributed by atoms with Crippen molar-refractivity contribution in [3.05, 3.63) is 53.8 Å². The highest BCUT2D eigenvalue weighted by molar-refractivity contribution is 8.15. The van der Waals surface area contributed by atoms with Gasteiger partial charge in [-0.05, 0) is 35.9 Å². The Bertz CT molecular complexity index is 996. The second kappa shape index (κ2) is 9.20. The van der Waals surface area contributed by atoms with Gasteiger partial charge in [0.2, 0.25) is 11.8 Å². The first kappa shape index (κ1) is 20.3. The number of ether oxygens (including phenoxy) is 1. The van der Waals surface area contributed by atoms with E-state index in [1.165, 1.54) is 37.6 Å². The molecular weight excluding hydrogens is 399 g/mol. The first-order valence-electron chi connectivity index (χ1n) is 8.46. The van der Waals surface area contributed by atoms with Crippen molar-refractivity contribution < 1.29 is 23.8 Å². The average Bonchev–Trinajstić information content (AvgIpc) is 3.04. The van der Waals surface area contributed by atoms with Crippen LogP contribution >= 0.6 is 11.8 Å². The number of methoxy groups -OCH3 is 1. The van der Waals surface area contributed by atoms with Gasteiger partial charge in [0.15, 0.2) is 16.7 Å². The van der Waals surface area contributed by atoms with E-state index in [-0.39, 0.29) is 28.9 Å². The first-order valence-corrected chi connectivity index (χ1v) is 9.34. The Kier molecular flexibility index (Phi) is 6.45. The third-order valence-corrected chi connectivity index (χ3v) is 4.93. The number of nitrogens with one attached hydrogen (secondary N) is 2. The Labute approximate surface area is 169 Å². The Morgan fingerprint density at radius 2 is 2.17 bits per heavy atom. The van der Waals surface area contributed by atoms with Gasteiger partial charge in [0, 0.05) is 6.42 Å². The molecule has 150 valence electrons. The van der Waals surface area contributed by atoms with E-state index in [9.17, 15) is 19.1 Å². The number of carbonyl (C=O) groups is 2. The molecule has 1 aliphatic heterocycles. The Morgan fingerprint density at radius 1 is 1.38 bits per heavy atom. The largest absolute Gasteiger partial charge is 0.504 e. The van der Waals surface area contributed by atoms with Gasteiger partial charge in [0.25, 0.3) is 0 Å². The maximum atomic E-state index is 13.6. The summed E-state index contributed by atoms with van der Waals surface area (Å²) in [4.78, 5) is 24.1. The predicted octanol–water partition coefficient (Wildman–Crippen LogP) is 2.49. The number of benzene rings is 2. The zero-order valence-electron chi connectivity index (χ0n) is 15.3. The minimum atomic E-state index is -0.690. The summed E-state index contributed by atoms with van der Waals surface area (Å²) in [6, 6.07) is 10.5. The summed E-state index contributed by atoms with van der Waals surface area (Å²) in [7, 11) is 1.43. The van der Waals surface area contributed by atoms with Crippen LogP contribution in [0.2, 0.25) is 0 Å². The van der Waals surface area contributed by atoms with Crippen LogP contribution in [0.1, 0.15) is 12.0 Å². The molecule has 2 aromatic rings. The number of amidine groups is 1. The zero-order chi connectivity index (χ0) is 20.8. The van der Waals surface area contributed by atoms with Crippen LogP contribution in [0.3, 0.4) is 0 Å². The molecule has 0 spiro atoms. The lowest BCUT2D eigenvalue weighted by Crippen LogP contribution is -2.28. The van der Waals surface area contributed by atoms with E-state index in [2.05, 4.69) is 20.8 Å². The van der Waals surface area contributed by atoms with Gasteiger partial charge in [-0.15, -0.1) is 5.10 Å². The summed E-state index contributed by atoms with van der Waals surface area (Å²) >= 11 is 1.06. The van der Waals surface area contributed by atoms with E-state index in [0.29, 0.717) is 11.3 Å². The second-order valence-electron chi connectivity index (χ2n) is 5.91. The van der Waals surface area contributed by atoms with Crippen molar-refractivity contribution in [1.82, 2.24) is 5.32 Å². The van der Waals surface area contributed by atoms with Crippen LogP contribution < -0.4 is 15.4 Å². The van der Waals surface area contributed by atoms with Crippen molar-refractivity contribution in [2.24, 2.45) is 10.2 Å². The van der Waals surface area contributed by atoms with Crippen molar-refractivity contribution in [3.63, 3.8) is 0 Å². The highest BCUT2D eigenvalue weighted by atomic mass is 32.2. The quantitative estimate of drug-likeness (QED) is 0.495. The summed E-state index contributed by atoms with van der Waals surface area (Å²) < 4.78 is 18.6. The van der Waals surface area contributed by atoms with Crippen LogP contribution in [0.15, 0.2) is 52.7 Å². The molecule has 0 aromatic heterocycles. The first-order chi connectivity index (χ1) is 14.0. The standard InChI is InChI=1S/C19H17FN4O4S/c1-28-15-8-11(6-7-14(15)25)10-21-24-19-23-18(27)16(29-19)9-17(26)22-13-5-3-2-4-12(13)20/h2-8,10,16,25H,9H2,1H3,(H,22,26)(H,23,24,27)/b21-10+. The highest BCUT2D eigenvalue weighted by Crippen LogP contribution is 2.26. The summed E-state index contributed by atoms with van der Waals surface area (Å²) in [5, 5.41) is 21.9. The van der Waals surface area contributed by atoms with E-state index in [1.807, 2.05) is 0 Å². The van der Waals surface area contributed by atoms with E-state index < -0.39 is 17.0 Å². The van der Waals surface area contributed by atoms with Gasteiger partial charge >= 0.3 is 0 Å². The summed E-state index contributed by atoms with van der Waals surface area (Å²) in [6.45, 7) is 0. The highest BCUT2D eigenvalue weighted by Gasteiger charge is 2.32. The molecule has 3 N–H and O–H groups in total. The molecule has 1 heterocycles. The Hall–Kier alpha value is -3.40. The smallest absolute Gasteiger partial charge is 0.240 e. The normalized spacial score (nSPS) is 17.5. The predicted molar refractivity (Wildman–Crippen MR) is 109 cm³/mol. The number of anilines is 1. The number of carbonyl (C=O) groups excluding carboxylic acids is 2. The number of phenolic OH excluding ortho intramolecular Hbond substituents is 1. The molecule has 1 saturated heterocycles. The second-order valence-corrected chi connectivity index (χ2v) is 7.10. The fraction of sp³-hybridized carbons (Fsp3) is 0.158. The molecular formula is C19H17FN4O4S. The number of nitrogens with zero attached hydrogens (tertiary/aromatic N) is 2. The van der Waals surface area contributed by atoms with Gasteiger partial charge < -0.3 is 20.5 Å². The Balaban J connectivity index is 1.58. The number of aromatic hydroxyl groups is 1. The summed E-state index contributed by atoms with van der Waals surface area (Å²) in [6.07, 6.45) is 1.29. The van der Waals surface area contributed by atoms with Crippen LogP contribution in [0.5, 0.6) is 11.5 Å². The molecule has 0 bridgehead atoms. The molecule has 1 unspecified atom stereocenters. The van der Waals surface area contributed by atoms with Crippen molar-refractivity contribution in [2.75, 3.05) is 12.4 Å². The van der Waals surface area contributed by atoms with Crippen LogP contribution in [-0.2, 0) is 9.59 Å². The number of halogens is 1. The number of hydrogen-bond donors (Lipinski definition) is 3. The van der Waals surface area contributed by atoms with Gasteiger partial charge in [0.1, 0.15) is 11.1 Å². The zero-order valence-corrected chi connectivity index (χ0v) is 16.1. The number of amides is 2. The van der Waals surface area contributed by atoms with Crippen molar-refractivity contribution in [3.8, 4) is 11.5 Å². The molecule has 1 atom stereocenters. The number of thioether (sulfide) groups is 1. The van der Waals surface area contributed by atoms with Gasteiger partial charge in [-0.25, -0.2) is 4.39 Å². The van der Waals surface area contributed by atoms with Gasteiger partial charge in [-0.3, -0.25) is 9.59 Å². The van der Waals surface area contributed by atoms with Crippen LogP contribution in [0.4, 0.5) is 10.1 Å². The third-order valence-electron chi connectivity index (χ3n) is 3.85. The molecule has 0 aliphatic carbocycles. The Morgan fingerprint density at radius 3 is 2.93 bits per heavy atom. The van der Waals surface area contributed by atoms with Crippen molar-refractivity contribution in [1.29, 1.82) is 0 Å². The maximum absolute atomic E-state index is 13.6. The van der Waals surface area contributed by atoms with Gasteiger partial charge in [0.05, 0.1) is 19.0 Å². The minimum Gasteiger partial charge on any atom is -0.504 e. The SMILES string of the molecule is COc1cc(/C=N/N=C2\NC(=O)C(CC(=O)Nc3ccccc3F)S2)ccc1O. The molecule has 29 heavy (non-hydrogen) atoms. The molecule has 2 aromatic carbocycles. The van der Waals surface area contributed by atoms with Crippen molar-refractivity contribution >= 4 is 40.6 Å². The topological polar surface area (TPSA) is 112 Å². The fourth-order valence-corrected chi connectivity index (χ4v) is 3.37. The van der Waals surface area contributed by atoms with Gasteiger partial charge in [-0.1, -0.05) is 23.9 Å². The molecule has 0 saturated carbocycles. The lowest BCUT2D eigenvalue weighted by Gasteiger charge is -2.07. The number of phenols is 1. The number of hydrogen-bond acceptors (Lipinski definition) is 7. The van der Waals surface area contributed by atoms with Crippen LogP contribution in [0, 0.1) is 5.82 Å². The minimum absolute atomic E-state index is 0.00563. The van der Waals surface area contributed by atoms with Crippen molar-refractivity contribution in [2.45, 2.75) is 11.7 Å². The van der Waals surface area contributed by atoms with E-state index in [1.54, 1.807) is 18.2 Å². The maximum Gasteiger partial charge on any atom is 0.240 e. The van der Waals surface area contributed by atoms with Crippen LogP contribution in [0.25, 0.3) is 0 Å². The molecule has 3 rings (SSSR count). The van der Waals surface area contributed by atoms with E-state index >= 15 is 0 Å². The third kappa shape index (κ3) is 5.32. The fourth-order valence-electron chi connectivity index (χ4n) is 2.44. The monoisotopic (exact) mass is 416 g/mol. The summed E-state index contributed by atoms with van der Waals surface area (Å²) in [5.41, 5.74) is 0.697. The summed E-state index contributed by atoms with van der Waals surface area (Å²) in [5.74, 6) is -1.10. The molecule has 1 aliphatic rings. The van der Waals surface area contributed by atoms with E-state index in [4.69, 9.17) is 4.74 Å². The number of rotatable bonds is 6. The van der Waals surface area contributed by atoms with E-state index in [0.717, 1.165) is 11.8 Å². The molecule has 2 amide bonds. The molecule has 1 fully saturated rings. The van der Waals surface area contributed by atoms with Gasteiger partial charge in [-0.2, -0.15) is 5.10 Å². The average molecular weight is 416 g/mol. The van der Waals surface area contributed by atoms with Crippen LogP contribution in [-0.4, -0.2) is 40.7 Å². The lowest BCUT2D eigenvalue weighted by molar-refractivity contribution is -0.122. The molecule has 0 radical (unpaired) electrons. The number of para-hydroxylation sites is 1. The molecule has 10 heteroatoms. The lowest BCUT2D eigenvalue weighted by atomic mass is 10.2.